The first-order valence-electron chi connectivity index (χ1n) is 6.16. The molecule has 0 aliphatic heterocycles. The highest BCUT2D eigenvalue weighted by atomic mass is 16.5. The average Bonchev–Trinajstić information content (AvgIpc) is 2.29. The summed E-state index contributed by atoms with van der Waals surface area (Å²) < 4.78 is 4.69. The van der Waals surface area contributed by atoms with Gasteiger partial charge in [-0.05, 0) is 43.4 Å². The summed E-state index contributed by atoms with van der Waals surface area (Å²) >= 11 is 0. The lowest BCUT2D eigenvalue weighted by Crippen LogP contribution is -2.49. The Hall–Kier alpha value is -0.830. The number of ether oxygens (including phenoxy) is 1. The summed E-state index contributed by atoms with van der Waals surface area (Å²) in [5, 5.41) is 10.2. The van der Waals surface area contributed by atoms with Crippen molar-refractivity contribution in [2.75, 3.05) is 7.11 Å². The number of aliphatic hydroxyl groups excluding tert-OH is 1. The molecule has 4 aliphatic carbocycles. The Labute approximate surface area is 95.5 Å². The number of esters is 1. The molecule has 88 valence electrons. The summed E-state index contributed by atoms with van der Waals surface area (Å²) in [5.74, 6) is 1.76. The zero-order chi connectivity index (χ0) is 11.3. The van der Waals surface area contributed by atoms with Gasteiger partial charge in [0.05, 0.1) is 13.2 Å². The normalized spacial score (nSPS) is 47.4. The second-order valence-corrected chi connectivity index (χ2v) is 5.53. The third-order valence-corrected chi connectivity index (χ3v) is 4.71. The monoisotopic (exact) mass is 222 g/mol. The molecule has 0 aromatic carbocycles. The highest BCUT2D eigenvalue weighted by molar-refractivity contribution is 5.83. The van der Waals surface area contributed by atoms with Crippen molar-refractivity contribution in [1.82, 2.24) is 0 Å². The van der Waals surface area contributed by atoms with Crippen LogP contribution in [0.25, 0.3) is 0 Å². The minimum atomic E-state index is -0.269. The molecule has 3 nitrogen and oxygen atoms in total. The van der Waals surface area contributed by atoms with Crippen LogP contribution in [0.5, 0.6) is 0 Å². The fourth-order valence-corrected chi connectivity index (χ4v) is 4.11. The van der Waals surface area contributed by atoms with E-state index >= 15 is 0 Å². The summed E-state index contributed by atoms with van der Waals surface area (Å²) in [7, 11) is 1.41. The minimum absolute atomic E-state index is 0.219. The number of aliphatic hydroxyl groups is 1. The van der Waals surface area contributed by atoms with Gasteiger partial charge in [0.25, 0.3) is 0 Å². The Bertz CT molecular complexity index is 347. The van der Waals surface area contributed by atoms with E-state index in [0.29, 0.717) is 11.8 Å². The lowest BCUT2D eigenvalue weighted by Gasteiger charge is -2.54. The third kappa shape index (κ3) is 1.41. The Kier molecular flexibility index (Phi) is 2.32. The standard InChI is InChI=1S/C13H18O3/c1-16-12(14)6-10-8-2-7-3-9(5-8)13(15)11(10)4-7/h6-9,11,13,15H,2-5H2,1H3/b10-6-. The zero-order valence-corrected chi connectivity index (χ0v) is 9.56. The molecule has 0 aromatic rings. The van der Waals surface area contributed by atoms with Gasteiger partial charge >= 0.3 is 5.97 Å². The first-order chi connectivity index (χ1) is 7.69. The van der Waals surface area contributed by atoms with Crippen LogP contribution < -0.4 is 0 Å². The fraction of sp³-hybridized carbons (Fsp3) is 0.769. The molecule has 4 bridgehead atoms. The van der Waals surface area contributed by atoms with E-state index in [4.69, 9.17) is 4.74 Å². The maximum absolute atomic E-state index is 11.3. The molecule has 1 N–H and O–H groups in total. The number of methoxy groups -OCH3 is 1. The van der Waals surface area contributed by atoms with Crippen LogP contribution in [-0.2, 0) is 9.53 Å². The van der Waals surface area contributed by atoms with Gasteiger partial charge in [-0.25, -0.2) is 4.79 Å². The lowest BCUT2D eigenvalue weighted by atomic mass is 9.53. The molecule has 4 aliphatic rings. The minimum Gasteiger partial charge on any atom is -0.466 e. The number of hydrogen-bond acceptors (Lipinski definition) is 3. The van der Waals surface area contributed by atoms with Gasteiger partial charge in [-0.1, -0.05) is 5.57 Å². The summed E-state index contributed by atoms with van der Waals surface area (Å²) in [6.07, 6.45) is 5.95. The van der Waals surface area contributed by atoms with Crippen molar-refractivity contribution in [3.63, 3.8) is 0 Å². The smallest absolute Gasteiger partial charge is 0.330 e. The Morgan fingerprint density at radius 3 is 2.94 bits per heavy atom. The van der Waals surface area contributed by atoms with E-state index < -0.39 is 0 Å². The molecule has 3 heteroatoms. The number of carbonyl (C=O) groups is 1. The second-order valence-electron chi connectivity index (χ2n) is 5.53. The molecule has 0 aromatic heterocycles. The quantitative estimate of drug-likeness (QED) is 0.540. The van der Waals surface area contributed by atoms with Crippen molar-refractivity contribution in [3.8, 4) is 0 Å². The van der Waals surface area contributed by atoms with E-state index in [1.807, 2.05) is 0 Å². The lowest BCUT2D eigenvalue weighted by molar-refractivity contribution is -0.135. The summed E-state index contributed by atoms with van der Waals surface area (Å²) in [6, 6.07) is 0. The van der Waals surface area contributed by atoms with Gasteiger partial charge in [-0.15, -0.1) is 0 Å². The average molecular weight is 222 g/mol. The molecular weight excluding hydrogens is 204 g/mol. The van der Waals surface area contributed by atoms with E-state index in [0.717, 1.165) is 24.3 Å². The van der Waals surface area contributed by atoms with Crippen molar-refractivity contribution in [2.24, 2.45) is 23.7 Å². The van der Waals surface area contributed by atoms with E-state index in [-0.39, 0.29) is 18.0 Å². The summed E-state index contributed by atoms with van der Waals surface area (Å²) in [6.45, 7) is 0. The van der Waals surface area contributed by atoms with Crippen molar-refractivity contribution >= 4 is 5.97 Å². The second kappa shape index (κ2) is 3.59. The van der Waals surface area contributed by atoms with E-state index in [9.17, 15) is 9.90 Å². The van der Waals surface area contributed by atoms with Crippen molar-refractivity contribution in [1.29, 1.82) is 0 Å². The molecule has 0 saturated heterocycles. The number of hydrogen-bond donors (Lipinski definition) is 1. The molecule has 5 atom stereocenters. The van der Waals surface area contributed by atoms with Gasteiger partial charge < -0.3 is 9.84 Å². The maximum atomic E-state index is 11.3. The zero-order valence-electron chi connectivity index (χ0n) is 9.56. The predicted molar refractivity (Wildman–Crippen MR) is 58.5 cm³/mol. The van der Waals surface area contributed by atoms with E-state index in [2.05, 4.69) is 0 Å². The van der Waals surface area contributed by atoms with Gasteiger partial charge in [0.2, 0.25) is 0 Å². The fourth-order valence-electron chi connectivity index (χ4n) is 4.11. The van der Waals surface area contributed by atoms with Crippen LogP contribution in [0.1, 0.15) is 25.7 Å². The van der Waals surface area contributed by atoms with Crippen molar-refractivity contribution < 1.29 is 14.6 Å². The van der Waals surface area contributed by atoms with Gasteiger partial charge in [0.1, 0.15) is 0 Å². The van der Waals surface area contributed by atoms with Crippen molar-refractivity contribution in [3.05, 3.63) is 11.6 Å². The molecule has 16 heavy (non-hydrogen) atoms. The number of carbonyl (C=O) groups excluding carboxylic acids is 1. The van der Waals surface area contributed by atoms with Gasteiger partial charge in [-0.2, -0.15) is 0 Å². The molecule has 4 saturated carbocycles. The van der Waals surface area contributed by atoms with E-state index in [1.165, 1.54) is 20.0 Å². The van der Waals surface area contributed by atoms with Crippen LogP contribution in [0.3, 0.4) is 0 Å². The van der Waals surface area contributed by atoms with Gasteiger partial charge in [-0.3, -0.25) is 0 Å². The molecular formula is C13H18O3. The van der Waals surface area contributed by atoms with Crippen molar-refractivity contribution in [2.45, 2.75) is 31.8 Å². The molecule has 0 radical (unpaired) electrons. The van der Waals surface area contributed by atoms with Crippen LogP contribution >= 0.6 is 0 Å². The summed E-state index contributed by atoms with van der Waals surface area (Å²) in [4.78, 5) is 11.3. The molecule has 0 spiro atoms. The van der Waals surface area contributed by atoms with Crippen LogP contribution in [0.2, 0.25) is 0 Å². The van der Waals surface area contributed by atoms with Crippen LogP contribution in [0, 0.1) is 23.7 Å². The predicted octanol–water partition coefficient (Wildman–Crippen LogP) is 1.51. The highest BCUT2D eigenvalue weighted by Gasteiger charge is 2.50. The first-order valence-corrected chi connectivity index (χ1v) is 6.16. The summed E-state index contributed by atoms with van der Waals surface area (Å²) in [5.41, 5.74) is 1.16. The van der Waals surface area contributed by atoms with Crippen LogP contribution in [0.4, 0.5) is 0 Å². The Morgan fingerprint density at radius 2 is 2.19 bits per heavy atom. The van der Waals surface area contributed by atoms with Crippen LogP contribution in [0.15, 0.2) is 11.6 Å². The molecule has 0 amide bonds. The SMILES string of the molecule is COC(=O)/C=C1/C2CC3CC(C2)C(O)C1C3. The highest BCUT2D eigenvalue weighted by Crippen LogP contribution is 2.56. The van der Waals surface area contributed by atoms with Gasteiger partial charge in [0.15, 0.2) is 0 Å². The molecule has 5 unspecified atom stereocenters. The largest absolute Gasteiger partial charge is 0.466 e. The molecule has 4 fully saturated rings. The Morgan fingerprint density at radius 1 is 1.38 bits per heavy atom. The number of rotatable bonds is 1. The maximum Gasteiger partial charge on any atom is 0.330 e. The first kappa shape index (κ1) is 10.3. The topological polar surface area (TPSA) is 46.5 Å². The van der Waals surface area contributed by atoms with Gasteiger partial charge in [0, 0.05) is 12.0 Å². The molecule has 0 heterocycles. The van der Waals surface area contributed by atoms with Crippen LogP contribution in [-0.4, -0.2) is 24.3 Å². The Balaban J connectivity index is 1.90. The molecule has 4 rings (SSSR count). The van der Waals surface area contributed by atoms with E-state index in [1.54, 1.807) is 6.08 Å². The third-order valence-electron chi connectivity index (χ3n) is 4.71.